The summed E-state index contributed by atoms with van der Waals surface area (Å²) in [6, 6.07) is 5.00. The van der Waals surface area contributed by atoms with Crippen molar-refractivity contribution in [2.75, 3.05) is 40.3 Å². The summed E-state index contributed by atoms with van der Waals surface area (Å²) in [7, 11) is 0.0877. The molecule has 2 N–H and O–H groups in total. The van der Waals surface area contributed by atoms with Crippen molar-refractivity contribution < 1.29 is 18.0 Å². The topological polar surface area (TPSA) is 98.8 Å². The first kappa shape index (κ1) is 22.3. The van der Waals surface area contributed by atoms with Crippen LogP contribution in [0.5, 0.6) is 0 Å². The van der Waals surface area contributed by atoms with Crippen LogP contribution in [-0.2, 0) is 19.6 Å². The molecular weight excluding hydrogens is 380 g/mol. The zero-order valence-corrected chi connectivity index (χ0v) is 17.8. The van der Waals surface area contributed by atoms with Gasteiger partial charge in [-0.25, -0.2) is 8.42 Å². The first-order valence-electron chi connectivity index (χ1n) is 9.42. The van der Waals surface area contributed by atoms with Crippen LogP contribution in [0.25, 0.3) is 0 Å². The van der Waals surface area contributed by atoms with Gasteiger partial charge in [0.1, 0.15) is 0 Å². The number of carbonyl (C=O) groups excluding carboxylic acids is 2. The Hall–Kier alpha value is -1.97. The number of aryl methyl sites for hydroxylation is 2. The fourth-order valence-corrected chi connectivity index (χ4v) is 5.21. The van der Waals surface area contributed by atoms with E-state index in [1.54, 1.807) is 19.1 Å². The van der Waals surface area contributed by atoms with Gasteiger partial charge in [0.25, 0.3) is 0 Å². The lowest BCUT2D eigenvalue weighted by Crippen LogP contribution is -2.47. The lowest BCUT2D eigenvalue weighted by Gasteiger charge is -2.25. The molecule has 8 nitrogen and oxygen atoms in total. The van der Waals surface area contributed by atoms with Crippen LogP contribution < -0.4 is 10.6 Å². The predicted octanol–water partition coefficient (Wildman–Crippen LogP) is 0.251. The molecule has 1 saturated heterocycles. The Morgan fingerprint density at radius 2 is 1.86 bits per heavy atom. The van der Waals surface area contributed by atoms with E-state index >= 15 is 0 Å². The molecule has 1 atom stereocenters. The highest BCUT2D eigenvalue weighted by molar-refractivity contribution is 7.89. The molecule has 2 amide bonds. The van der Waals surface area contributed by atoms with Gasteiger partial charge in [-0.2, -0.15) is 4.31 Å². The maximum atomic E-state index is 13.1. The first-order chi connectivity index (χ1) is 13.1. The molecule has 156 valence electrons. The van der Waals surface area contributed by atoms with Crippen molar-refractivity contribution in [3.63, 3.8) is 0 Å². The number of sulfonamides is 1. The van der Waals surface area contributed by atoms with E-state index in [1.807, 2.05) is 32.0 Å². The van der Waals surface area contributed by atoms with Crippen LogP contribution in [0, 0.1) is 13.8 Å². The highest BCUT2D eigenvalue weighted by Crippen LogP contribution is 2.28. The Bertz CT molecular complexity index is 823. The van der Waals surface area contributed by atoms with E-state index in [0.717, 1.165) is 12.0 Å². The third kappa shape index (κ3) is 5.52. The van der Waals surface area contributed by atoms with Gasteiger partial charge in [-0.15, -0.1) is 0 Å². The van der Waals surface area contributed by atoms with Crippen molar-refractivity contribution in [3.05, 3.63) is 29.3 Å². The molecule has 1 heterocycles. The highest BCUT2D eigenvalue weighted by atomic mass is 32.2. The van der Waals surface area contributed by atoms with E-state index in [4.69, 9.17) is 0 Å². The van der Waals surface area contributed by atoms with Crippen LogP contribution in [0.15, 0.2) is 23.1 Å². The predicted molar refractivity (Wildman–Crippen MR) is 107 cm³/mol. The lowest BCUT2D eigenvalue weighted by molar-refractivity contribution is -0.139. The number of rotatable bonds is 7. The van der Waals surface area contributed by atoms with E-state index in [0.29, 0.717) is 36.5 Å². The van der Waals surface area contributed by atoms with Crippen molar-refractivity contribution in [1.82, 2.24) is 19.8 Å². The summed E-state index contributed by atoms with van der Waals surface area (Å²) >= 11 is 0. The first-order valence-corrected chi connectivity index (χ1v) is 10.9. The summed E-state index contributed by atoms with van der Waals surface area (Å²) in [6.07, 6.45) is 1.37. The normalized spacial score (nSPS) is 17.7. The monoisotopic (exact) mass is 410 g/mol. The minimum absolute atomic E-state index is 0.115. The molecule has 2 rings (SSSR count). The van der Waals surface area contributed by atoms with Crippen LogP contribution in [0.3, 0.4) is 0 Å². The van der Waals surface area contributed by atoms with Crippen LogP contribution in [0.1, 0.15) is 24.0 Å². The smallest absolute Gasteiger partial charge is 0.309 e. The number of benzene rings is 1. The molecule has 1 aromatic carbocycles. The van der Waals surface area contributed by atoms with Crippen molar-refractivity contribution in [2.24, 2.45) is 0 Å². The molecular formula is C19H30N4O4S. The van der Waals surface area contributed by atoms with E-state index in [2.05, 4.69) is 10.6 Å². The van der Waals surface area contributed by atoms with Crippen LogP contribution in [0.4, 0.5) is 0 Å². The second kappa shape index (κ2) is 9.49. The molecule has 1 fully saturated rings. The van der Waals surface area contributed by atoms with Crippen molar-refractivity contribution in [2.45, 2.75) is 37.6 Å². The van der Waals surface area contributed by atoms with Crippen LogP contribution >= 0.6 is 0 Å². The minimum atomic E-state index is -3.66. The van der Waals surface area contributed by atoms with Gasteiger partial charge in [0.15, 0.2) is 0 Å². The second-order valence-corrected chi connectivity index (χ2v) is 9.31. The maximum absolute atomic E-state index is 13.1. The number of carbonyl (C=O) groups is 2. The van der Waals surface area contributed by atoms with Gasteiger partial charge in [-0.05, 0) is 58.0 Å². The molecule has 0 aliphatic carbocycles. The maximum Gasteiger partial charge on any atom is 0.309 e. The minimum Gasteiger partial charge on any atom is -0.347 e. The summed E-state index contributed by atoms with van der Waals surface area (Å²) in [4.78, 5) is 26.0. The summed E-state index contributed by atoms with van der Waals surface area (Å²) in [5.41, 5.74) is 1.57. The van der Waals surface area contributed by atoms with Gasteiger partial charge >= 0.3 is 11.8 Å². The lowest BCUT2D eigenvalue weighted by atomic mass is 10.2. The average Bonchev–Trinajstić information content (AvgIpc) is 3.10. The molecule has 0 saturated carbocycles. The third-order valence-electron chi connectivity index (χ3n) is 4.80. The highest BCUT2D eigenvalue weighted by Gasteiger charge is 2.36. The zero-order chi connectivity index (χ0) is 20.9. The fourth-order valence-electron chi connectivity index (χ4n) is 3.21. The fraction of sp³-hybridized carbons (Fsp3) is 0.579. The average molecular weight is 411 g/mol. The number of nitrogens with zero attached hydrogens (tertiary/aromatic N) is 2. The van der Waals surface area contributed by atoms with Crippen molar-refractivity contribution >= 4 is 21.8 Å². The summed E-state index contributed by atoms with van der Waals surface area (Å²) in [5.74, 6) is -1.45. The van der Waals surface area contributed by atoms with Gasteiger partial charge in [-0.3, -0.25) is 9.59 Å². The molecule has 0 bridgehead atoms. The van der Waals surface area contributed by atoms with Crippen LogP contribution in [-0.4, -0.2) is 75.8 Å². The van der Waals surface area contributed by atoms with E-state index < -0.39 is 21.8 Å². The second-order valence-electron chi connectivity index (χ2n) is 7.45. The van der Waals surface area contributed by atoms with Crippen LogP contribution in [0.2, 0.25) is 0 Å². The molecule has 0 radical (unpaired) electrons. The zero-order valence-electron chi connectivity index (χ0n) is 17.0. The number of nitrogens with one attached hydrogen (secondary N) is 2. The quantitative estimate of drug-likeness (QED) is 0.628. The van der Waals surface area contributed by atoms with Crippen molar-refractivity contribution in [3.8, 4) is 0 Å². The molecule has 1 aromatic rings. The molecule has 0 aromatic heterocycles. The van der Waals surface area contributed by atoms with E-state index in [1.165, 1.54) is 4.31 Å². The third-order valence-corrected chi connectivity index (χ3v) is 6.90. The number of hydrogen-bond donors (Lipinski definition) is 2. The molecule has 28 heavy (non-hydrogen) atoms. The molecule has 1 aliphatic rings. The van der Waals surface area contributed by atoms with E-state index in [9.17, 15) is 18.0 Å². The van der Waals surface area contributed by atoms with Gasteiger partial charge in [0.05, 0.1) is 4.90 Å². The molecule has 9 heteroatoms. The van der Waals surface area contributed by atoms with E-state index in [-0.39, 0.29) is 12.6 Å². The SMILES string of the molecule is Cc1ccc(C)c(S(=O)(=O)N2CCCC2CNC(=O)C(=O)NCCN(C)C)c1. The Morgan fingerprint density at radius 1 is 1.18 bits per heavy atom. The van der Waals surface area contributed by atoms with Crippen molar-refractivity contribution in [1.29, 1.82) is 0 Å². The summed E-state index contributed by atoms with van der Waals surface area (Å²) in [6.45, 7) is 5.15. The summed E-state index contributed by atoms with van der Waals surface area (Å²) < 4.78 is 27.7. The molecule has 1 unspecified atom stereocenters. The number of hydrogen-bond acceptors (Lipinski definition) is 5. The molecule has 1 aliphatic heterocycles. The van der Waals surface area contributed by atoms with Gasteiger partial charge in [-0.1, -0.05) is 12.1 Å². The largest absolute Gasteiger partial charge is 0.347 e. The Morgan fingerprint density at radius 3 is 2.54 bits per heavy atom. The number of likely N-dealkylation sites (N-methyl/N-ethyl adjacent to an activating group) is 1. The summed E-state index contributed by atoms with van der Waals surface area (Å²) in [5, 5.41) is 5.12. The molecule has 0 spiro atoms. The van der Waals surface area contributed by atoms with Gasteiger partial charge < -0.3 is 15.5 Å². The Labute approximate surface area is 167 Å². The van der Waals surface area contributed by atoms with Gasteiger partial charge in [0, 0.05) is 32.2 Å². The Balaban J connectivity index is 2.00. The number of amides is 2. The van der Waals surface area contributed by atoms with Gasteiger partial charge in [0.2, 0.25) is 10.0 Å². The Kier molecular flexibility index (Phi) is 7.56. The standard InChI is InChI=1S/C19H30N4O4S/c1-14-7-8-15(2)17(12-14)28(26,27)23-10-5-6-16(23)13-21-19(25)18(24)20-9-11-22(3)4/h7-8,12,16H,5-6,9-11,13H2,1-4H3,(H,20,24)(H,21,25).